The molecule has 10 nitrogen and oxygen atoms in total. The molecule has 1 aromatic rings. The third-order valence-electron chi connectivity index (χ3n) is 4.57. The van der Waals surface area contributed by atoms with Crippen molar-refractivity contribution in [3.63, 3.8) is 0 Å². The standard InChI is InChI=1S/C18H24N4O6S2/c1-11(23)27-5-6-28-18(26)21-4-3-13(7-21)19-16(25)15-10-29-17(20-15)22-8-14(9-22)30-12(2)24/h10,13-14H,3-9H2,1-2H3,(H,19,25)/t13-/m0/s1. The van der Waals surface area contributed by atoms with Crippen LogP contribution in [-0.2, 0) is 19.1 Å². The number of aromatic nitrogens is 1. The summed E-state index contributed by atoms with van der Waals surface area (Å²) in [4.78, 5) is 54.3. The maximum absolute atomic E-state index is 12.5. The highest BCUT2D eigenvalue weighted by Crippen LogP contribution is 2.30. The van der Waals surface area contributed by atoms with Crippen molar-refractivity contribution in [2.45, 2.75) is 31.6 Å². The summed E-state index contributed by atoms with van der Waals surface area (Å²) < 4.78 is 9.77. The predicted molar refractivity (Wildman–Crippen MR) is 112 cm³/mol. The molecule has 0 aromatic carbocycles. The van der Waals surface area contributed by atoms with E-state index in [4.69, 9.17) is 9.47 Å². The minimum atomic E-state index is -0.495. The minimum Gasteiger partial charge on any atom is -0.462 e. The van der Waals surface area contributed by atoms with Crippen LogP contribution in [0, 0.1) is 0 Å². The Labute approximate surface area is 182 Å². The minimum absolute atomic E-state index is 0.00415. The number of ether oxygens (including phenoxy) is 2. The molecule has 1 aromatic heterocycles. The number of rotatable bonds is 7. The van der Waals surface area contributed by atoms with Gasteiger partial charge in [-0.25, -0.2) is 9.78 Å². The van der Waals surface area contributed by atoms with Crippen molar-refractivity contribution in [1.29, 1.82) is 0 Å². The van der Waals surface area contributed by atoms with E-state index in [9.17, 15) is 19.2 Å². The lowest BCUT2D eigenvalue weighted by molar-refractivity contribution is -0.142. The van der Waals surface area contributed by atoms with Gasteiger partial charge in [0.1, 0.15) is 18.9 Å². The molecule has 0 unspecified atom stereocenters. The smallest absolute Gasteiger partial charge is 0.409 e. The summed E-state index contributed by atoms with van der Waals surface area (Å²) in [6.07, 6.45) is 0.128. The summed E-state index contributed by atoms with van der Waals surface area (Å²) in [6, 6.07) is -0.177. The number of nitrogens with zero attached hydrogens (tertiary/aromatic N) is 3. The van der Waals surface area contributed by atoms with Crippen LogP contribution in [0.1, 0.15) is 30.8 Å². The monoisotopic (exact) mass is 456 g/mol. The lowest BCUT2D eigenvalue weighted by Gasteiger charge is -2.37. The fraction of sp³-hybridized carbons (Fsp3) is 0.611. The highest BCUT2D eigenvalue weighted by molar-refractivity contribution is 8.14. The maximum atomic E-state index is 12.5. The van der Waals surface area contributed by atoms with Gasteiger partial charge in [0.15, 0.2) is 10.2 Å². The van der Waals surface area contributed by atoms with Gasteiger partial charge >= 0.3 is 12.1 Å². The Morgan fingerprint density at radius 2 is 1.93 bits per heavy atom. The van der Waals surface area contributed by atoms with Gasteiger partial charge in [-0.1, -0.05) is 11.8 Å². The summed E-state index contributed by atoms with van der Waals surface area (Å²) in [7, 11) is 0. The molecule has 0 saturated carbocycles. The van der Waals surface area contributed by atoms with Crippen molar-refractivity contribution in [2.75, 3.05) is 44.3 Å². The number of nitrogens with one attached hydrogen (secondary N) is 1. The Hall–Kier alpha value is -2.34. The Morgan fingerprint density at radius 1 is 1.20 bits per heavy atom. The molecule has 164 valence electrons. The number of likely N-dealkylation sites (tertiary alicyclic amines) is 1. The van der Waals surface area contributed by atoms with Crippen LogP contribution in [0.5, 0.6) is 0 Å². The van der Waals surface area contributed by atoms with Crippen LogP contribution in [0.25, 0.3) is 0 Å². The third kappa shape index (κ3) is 6.08. The lowest BCUT2D eigenvalue weighted by Crippen LogP contribution is -2.49. The molecule has 30 heavy (non-hydrogen) atoms. The van der Waals surface area contributed by atoms with Crippen LogP contribution < -0.4 is 10.2 Å². The van der Waals surface area contributed by atoms with Gasteiger partial charge in [-0.15, -0.1) is 11.3 Å². The van der Waals surface area contributed by atoms with Crippen LogP contribution >= 0.6 is 23.1 Å². The third-order valence-corrected chi connectivity index (χ3v) is 6.44. The zero-order valence-corrected chi connectivity index (χ0v) is 18.4. The van der Waals surface area contributed by atoms with Crippen molar-refractivity contribution in [3.8, 4) is 0 Å². The highest BCUT2D eigenvalue weighted by atomic mass is 32.2. The first kappa shape index (κ1) is 22.3. The number of hydrogen-bond donors (Lipinski definition) is 1. The normalized spacial score (nSPS) is 18.7. The largest absolute Gasteiger partial charge is 0.462 e. The summed E-state index contributed by atoms with van der Waals surface area (Å²) in [5, 5.41) is 5.78. The molecule has 0 aliphatic carbocycles. The second kappa shape index (κ2) is 10.1. The number of thioether (sulfide) groups is 1. The summed E-state index contributed by atoms with van der Waals surface area (Å²) >= 11 is 2.74. The molecule has 0 radical (unpaired) electrons. The van der Waals surface area contributed by atoms with Gasteiger partial charge in [-0.2, -0.15) is 0 Å². The SMILES string of the molecule is CC(=O)OCCOC(=O)N1CC[C@H](NC(=O)c2csc(N3CC(SC(C)=O)C3)n2)C1. The number of carbonyl (C=O) groups is 4. The van der Waals surface area contributed by atoms with E-state index in [2.05, 4.69) is 10.3 Å². The van der Waals surface area contributed by atoms with Gasteiger partial charge < -0.3 is 24.6 Å². The Morgan fingerprint density at radius 3 is 2.63 bits per heavy atom. The predicted octanol–water partition coefficient (Wildman–Crippen LogP) is 1.12. The van der Waals surface area contributed by atoms with E-state index in [1.54, 1.807) is 12.3 Å². The fourth-order valence-electron chi connectivity index (χ4n) is 3.13. The van der Waals surface area contributed by atoms with Crippen molar-refractivity contribution in [3.05, 3.63) is 11.1 Å². The van der Waals surface area contributed by atoms with E-state index >= 15 is 0 Å². The maximum Gasteiger partial charge on any atom is 0.409 e. The van der Waals surface area contributed by atoms with Crippen molar-refractivity contribution >= 4 is 51.3 Å². The van der Waals surface area contributed by atoms with Crippen LogP contribution in [-0.4, -0.2) is 83.7 Å². The number of esters is 1. The molecule has 2 fully saturated rings. The molecule has 1 atom stereocenters. The molecule has 2 amide bonds. The van der Waals surface area contributed by atoms with Crippen LogP contribution in [0.4, 0.5) is 9.93 Å². The molecule has 12 heteroatoms. The van der Waals surface area contributed by atoms with Gasteiger partial charge in [-0.05, 0) is 6.42 Å². The number of hydrogen-bond acceptors (Lipinski definition) is 10. The van der Waals surface area contributed by atoms with Crippen LogP contribution in [0.3, 0.4) is 0 Å². The van der Waals surface area contributed by atoms with E-state index in [1.165, 1.54) is 34.9 Å². The Kier molecular flexibility index (Phi) is 7.53. The van der Waals surface area contributed by atoms with Gasteiger partial charge in [0.2, 0.25) is 0 Å². The Balaban J connectivity index is 1.39. The van der Waals surface area contributed by atoms with E-state index in [0.29, 0.717) is 25.2 Å². The Bertz CT molecular complexity index is 810. The topological polar surface area (TPSA) is 118 Å². The molecular weight excluding hydrogens is 432 g/mol. The van der Waals surface area contributed by atoms with Crippen LogP contribution in [0.15, 0.2) is 5.38 Å². The molecule has 0 spiro atoms. The zero-order chi connectivity index (χ0) is 21.7. The first-order valence-electron chi connectivity index (χ1n) is 9.55. The van der Waals surface area contributed by atoms with Crippen molar-refractivity contribution in [2.24, 2.45) is 0 Å². The second-order valence-electron chi connectivity index (χ2n) is 7.01. The summed E-state index contributed by atoms with van der Waals surface area (Å²) in [5.74, 6) is -0.702. The molecule has 2 saturated heterocycles. The quantitative estimate of drug-likeness (QED) is 0.475. The zero-order valence-electron chi connectivity index (χ0n) is 16.8. The molecule has 0 bridgehead atoms. The number of amides is 2. The van der Waals surface area contributed by atoms with E-state index in [0.717, 1.165) is 18.2 Å². The number of anilines is 1. The summed E-state index contributed by atoms with van der Waals surface area (Å²) in [6.45, 7) is 5.18. The van der Waals surface area contributed by atoms with E-state index < -0.39 is 12.1 Å². The molecular formula is C18H24N4O6S2. The average Bonchev–Trinajstić information content (AvgIpc) is 3.30. The molecule has 2 aliphatic rings. The number of carbonyl (C=O) groups excluding carboxylic acids is 4. The lowest BCUT2D eigenvalue weighted by atomic mass is 10.2. The van der Waals surface area contributed by atoms with Gasteiger partial charge in [-0.3, -0.25) is 14.4 Å². The first-order chi connectivity index (χ1) is 14.3. The molecule has 1 N–H and O–H groups in total. The first-order valence-corrected chi connectivity index (χ1v) is 11.3. The average molecular weight is 457 g/mol. The van der Waals surface area contributed by atoms with Crippen LogP contribution in [0.2, 0.25) is 0 Å². The van der Waals surface area contributed by atoms with E-state index in [1.807, 2.05) is 4.90 Å². The number of thiazole rings is 1. The summed E-state index contributed by atoms with van der Waals surface area (Å²) in [5.41, 5.74) is 0.347. The van der Waals surface area contributed by atoms with Gasteiger partial charge in [0, 0.05) is 56.7 Å². The van der Waals surface area contributed by atoms with E-state index in [-0.39, 0.29) is 35.5 Å². The molecule has 2 aliphatic heterocycles. The fourth-order valence-corrected chi connectivity index (χ4v) is 4.93. The second-order valence-corrected chi connectivity index (χ2v) is 9.33. The van der Waals surface area contributed by atoms with Gasteiger partial charge in [0.05, 0.1) is 0 Å². The molecule has 3 rings (SSSR count). The van der Waals surface area contributed by atoms with Gasteiger partial charge in [0.25, 0.3) is 5.91 Å². The van der Waals surface area contributed by atoms with Crippen molar-refractivity contribution < 1.29 is 28.7 Å². The molecule has 3 heterocycles. The highest BCUT2D eigenvalue weighted by Gasteiger charge is 2.32. The van der Waals surface area contributed by atoms with Crippen molar-refractivity contribution in [1.82, 2.24) is 15.2 Å².